The summed E-state index contributed by atoms with van der Waals surface area (Å²) >= 11 is 0. The van der Waals surface area contributed by atoms with Gasteiger partial charge in [-0.05, 0) is 107 Å². The predicted octanol–water partition coefficient (Wildman–Crippen LogP) is 14.8. The van der Waals surface area contributed by atoms with Crippen LogP contribution in [0.2, 0.25) is 0 Å². The Morgan fingerprint density at radius 3 is 1.86 bits per heavy atom. The largest absolute Gasteiger partial charge is 0.313 e. The molecular formula is C56H42N2. The highest BCUT2D eigenvalue weighted by molar-refractivity contribution is 6.10. The van der Waals surface area contributed by atoms with Gasteiger partial charge in [0, 0.05) is 45.1 Å². The molecule has 0 aliphatic heterocycles. The standard InChI is InChI=1S/C56H42N2/c1-3-4-7-20-48-39(2)57(53-23-14-12-21-49(53)44-18-10-6-11-19-44)55-35-31-45(37-51(48)55)46-32-36-56-52(38-46)50-22-13-15-24-54(50)58(56)47-33-29-43(30-34-47)42-27-25-41(26-28-42)40-16-8-5-9-17-40/h1,5-10,12-18,20-38H,4,11,19H2,2H3/b20-7-. The van der Waals surface area contributed by atoms with E-state index in [0.717, 1.165) is 18.5 Å². The lowest BCUT2D eigenvalue weighted by Gasteiger charge is -2.17. The number of rotatable bonds is 8. The zero-order chi connectivity index (χ0) is 39.0. The van der Waals surface area contributed by atoms with Gasteiger partial charge in [0.1, 0.15) is 0 Å². The van der Waals surface area contributed by atoms with Gasteiger partial charge in [-0.3, -0.25) is 0 Å². The number of hydrogen-bond donors (Lipinski definition) is 0. The van der Waals surface area contributed by atoms with Gasteiger partial charge in [0.05, 0.1) is 22.2 Å². The summed E-state index contributed by atoms with van der Waals surface area (Å²) in [6.07, 6.45) is 19.4. The van der Waals surface area contributed by atoms with Crippen molar-refractivity contribution in [2.75, 3.05) is 0 Å². The second-order valence-corrected chi connectivity index (χ2v) is 15.1. The van der Waals surface area contributed by atoms with Crippen LogP contribution in [0.25, 0.3) is 89.1 Å². The van der Waals surface area contributed by atoms with Crippen LogP contribution in [-0.2, 0) is 0 Å². The summed E-state index contributed by atoms with van der Waals surface area (Å²) in [6, 6.07) is 59.8. The zero-order valence-corrected chi connectivity index (χ0v) is 32.6. The third-order valence-electron chi connectivity index (χ3n) is 11.7. The summed E-state index contributed by atoms with van der Waals surface area (Å²) in [4.78, 5) is 0. The molecule has 2 nitrogen and oxygen atoms in total. The number of benzene rings is 7. The van der Waals surface area contributed by atoms with Crippen LogP contribution in [0.5, 0.6) is 0 Å². The molecule has 58 heavy (non-hydrogen) atoms. The number of fused-ring (bicyclic) bond motifs is 4. The van der Waals surface area contributed by atoms with Gasteiger partial charge in [-0.15, -0.1) is 12.3 Å². The van der Waals surface area contributed by atoms with E-state index in [1.807, 2.05) is 0 Å². The highest BCUT2D eigenvalue weighted by atomic mass is 15.0. The van der Waals surface area contributed by atoms with E-state index in [1.54, 1.807) is 0 Å². The lowest BCUT2D eigenvalue weighted by Crippen LogP contribution is -2.02. The molecule has 276 valence electrons. The Morgan fingerprint density at radius 1 is 0.569 bits per heavy atom. The first-order chi connectivity index (χ1) is 28.7. The van der Waals surface area contributed by atoms with Crippen LogP contribution in [0.1, 0.15) is 36.1 Å². The van der Waals surface area contributed by atoms with Gasteiger partial charge in [-0.25, -0.2) is 0 Å². The number of hydrogen-bond acceptors (Lipinski definition) is 0. The quantitative estimate of drug-likeness (QED) is 0.137. The van der Waals surface area contributed by atoms with Crippen LogP contribution >= 0.6 is 0 Å². The molecule has 0 saturated heterocycles. The Hall–Kier alpha value is -7.34. The fraction of sp³-hybridized carbons (Fsp3) is 0.0714. The number of para-hydroxylation sites is 2. The summed E-state index contributed by atoms with van der Waals surface area (Å²) in [5.41, 5.74) is 18.2. The molecule has 0 amide bonds. The van der Waals surface area contributed by atoms with Crippen molar-refractivity contribution >= 4 is 44.4 Å². The Bertz CT molecular complexity index is 3120. The van der Waals surface area contributed by atoms with Gasteiger partial charge < -0.3 is 9.13 Å². The van der Waals surface area contributed by atoms with Crippen molar-refractivity contribution in [2.45, 2.75) is 26.2 Å². The van der Waals surface area contributed by atoms with Crippen molar-refractivity contribution in [3.05, 3.63) is 205 Å². The molecule has 2 aromatic heterocycles. The van der Waals surface area contributed by atoms with E-state index in [4.69, 9.17) is 6.42 Å². The van der Waals surface area contributed by atoms with Gasteiger partial charge in [0.15, 0.2) is 0 Å². The average molecular weight is 743 g/mol. The lowest BCUT2D eigenvalue weighted by molar-refractivity contribution is 1.02. The lowest BCUT2D eigenvalue weighted by atomic mass is 9.96. The van der Waals surface area contributed by atoms with E-state index in [-0.39, 0.29) is 0 Å². The number of terminal acetylenes is 1. The van der Waals surface area contributed by atoms with E-state index in [2.05, 4.69) is 216 Å². The van der Waals surface area contributed by atoms with Crippen molar-refractivity contribution in [3.8, 4) is 57.1 Å². The topological polar surface area (TPSA) is 9.86 Å². The number of nitrogens with zero attached hydrogens (tertiary/aromatic N) is 2. The summed E-state index contributed by atoms with van der Waals surface area (Å²) < 4.78 is 4.83. The average Bonchev–Trinajstić information content (AvgIpc) is 3.77. The Morgan fingerprint density at radius 2 is 1.16 bits per heavy atom. The Labute approximate surface area is 340 Å². The van der Waals surface area contributed by atoms with Crippen LogP contribution in [0.4, 0.5) is 0 Å². The maximum atomic E-state index is 5.70. The smallest absolute Gasteiger partial charge is 0.0541 e. The van der Waals surface area contributed by atoms with Gasteiger partial charge in [0.25, 0.3) is 0 Å². The molecule has 1 aliphatic carbocycles. The van der Waals surface area contributed by atoms with Crippen LogP contribution < -0.4 is 0 Å². The van der Waals surface area contributed by atoms with E-state index < -0.39 is 0 Å². The maximum absolute atomic E-state index is 5.70. The summed E-state index contributed by atoms with van der Waals surface area (Å²) in [5.74, 6) is 2.79. The van der Waals surface area contributed by atoms with Gasteiger partial charge in [0.2, 0.25) is 0 Å². The summed E-state index contributed by atoms with van der Waals surface area (Å²) in [6.45, 7) is 2.23. The third kappa shape index (κ3) is 6.19. The first-order valence-corrected chi connectivity index (χ1v) is 20.2. The Kier molecular flexibility index (Phi) is 9.05. The van der Waals surface area contributed by atoms with Crippen molar-refractivity contribution < 1.29 is 0 Å². The first kappa shape index (κ1) is 35.1. The fourth-order valence-electron chi connectivity index (χ4n) is 8.87. The number of allylic oxidation sites excluding steroid dienone is 5. The SMILES string of the molecule is C#CC/C=C\c1c(C)n(-c2ccccc2C2=CC=CCC2)c2ccc(-c3ccc4c(c3)c3ccccc3n4-c3ccc(-c4ccc(-c5ccccc5)cc4)cc3)cc12. The van der Waals surface area contributed by atoms with Crippen molar-refractivity contribution in [3.63, 3.8) is 0 Å². The molecule has 0 spiro atoms. The van der Waals surface area contributed by atoms with Crippen molar-refractivity contribution in [1.82, 2.24) is 9.13 Å². The van der Waals surface area contributed by atoms with Gasteiger partial charge >= 0.3 is 0 Å². The molecule has 0 saturated carbocycles. The van der Waals surface area contributed by atoms with Gasteiger partial charge in [-0.2, -0.15) is 0 Å². The predicted molar refractivity (Wildman–Crippen MR) is 247 cm³/mol. The zero-order valence-electron chi connectivity index (χ0n) is 32.6. The molecule has 0 radical (unpaired) electrons. The van der Waals surface area contributed by atoms with Crippen molar-refractivity contribution in [1.29, 1.82) is 0 Å². The van der Waals surface area contributed by atoms with Crippen LogP contribution in [0.15, 0.2) is 188 Å². The second-order valence-electron chi connectivity index (χ2n) is 15.1. The second kappa shape index (κ2) is 15.0. The highest BCUT2D eigenvalue weighted by Gasteiger charge is 2.19. The first-order valence-electron chi connectivity index (χ1n) is 20.2. The van der Waals surface area contributed by atoms with E-state index in [9.17, 15) is 0 Å². The van der Waals surface area contributed by atoms with Gasteiger partial charge in [-0.1, -0.05) is 146 Å². The van der Waals surface area contributed by atoms with Crippen LogP contribution in [0.3, 0.4) is 0 Å². The van der Waals surface area contributed by atoms with E-state index in [0.29, 0.717) is 6.42 Å². The molecule has 7 aromatic carbocycles. The maximum Gasteiger partial charge on any atom is 0.0541 e. The highest BCUT2D eigenvalue weighted by Crippen LogP contribution is 2.39. The molecule has 10 rings (SSSR count). The molecule has 0 fully saturated rings. The summed E-state index contributed by atoms with van der Waals surface area (Å²) in [5, 5.41) is 3.69. The molecule has 0 atom stereocenters. The Balaban J connectivity index is 1.05. The molecule has 2 heterocycles. The number of aromatic nitrogens is 2. The van der Waals surface area contributed by atoms with E-state index >= 15 is 0 Å². The van der Waals surface area contributed by atoms with E-state index in [1.165, 1.54) is 94.2 Å². The normalized spacial score (nSPS) is 12.8. The van der Waals surface area contributed by atoms with Crippen molar-refractivity contribution in [2.24, 2.45) is 0 Å². The molecule has 0 unspecified atom stereocenters. The minimum Gasteiger partial charge on any atom is -0.313 e. The molecule has 9 aromatic rings. The molecule has 1 aliphatic rings. The molecule has 0 bridgehead atoms. The molecular weight excluding hydrogens is 701 g/mol. The minimum atomic E-state index is 0.590. The fourth-order valence-corrected chi connectivity index (χ4v) is 8.87. The minimum absolute atomic E-state index is 0.590. The van der Waals surface area contributed by atoms with Crippen LogP contribution in [-0.4, -0.2) is 9.13 Å². The third-order valence-corrected chi connectivity index (χ3v) is 11.7. The molecule has 0 N–H and O–H groups in total. The summed E-state index contributed by atoms with van der Waals surface area (Å²) in [7, 11) is 0. The monoisotopic (exact) mass is 742 g/mol. The van der Waals surface area contributed by atoms with Crippen LogP contribution in [0, 0.1) is 19.3 Å². The molecule has 2 heteroatoms.